The lowest BCUT2D eigenvalue weighted by atomic mass is 9.99. The van der Waals surface area contributed by atoms with Gasteiger partial charge in [-0.15, -0.1) is 0 Å². The average Bonchev–Trinajstić information content (AvgIpc) is 2.75. The Balaban J connectivity index is 2.36. The van der Waals surface area contributed by atoms with Crippen molar-refractivity contribution in [2.24, 2.45) is 7.05 Å². The summed E-state index contributed by atoms with van der Waals surface area (Å²) in [7, 11) is 3.63. The quantitative estimate of drug-likeness (QED) is 0.896. The number of hydrogen-bond acceptors (Lipinski definition) is 3. The summed E-state index contributed by atoms with van der Waals surface area (Å²) >= 11 is 0. The monoisotopic (exact) mass is 259 g/mol. The highest BCUT2D eigenvalue weighted by Crippen LogP contribution is 2.25. The molecule has 4 heteroatoms. The minimum atomic E-state index is 0.171. The summed E-state index contributed by atoms with van der Waals surface area (Å²) in [5, 5.41) is 7.94. The molecule has 0 spiro atoms. The molecule has 102 valence electrons. The molecule has 2 aromatic rings. The van der Waals surface area contributed by atoms with Gasteiger partial charge in [-0.2, -0.15) is 5.10 Å². The molecule has 1 atom stereocenters. The summed E-state index contributed by atoms with van der Waals surface area (Å²) in [6, 6.07) is 8.35. The third kappa shape index (κ3) is 2.96. The van der Waals surface area contributed by atoms with E-state index >= 15 is 0 Å². The molecule has 19 heavy (non-hydrogen) atoms. The fourth-order valence-corrected chi connectivity index (χ4v) is 2.31. The predicted octanol–water partition coefficient (Wildman–Crippen LogP) is 2.44. The fourth-order valence-electron chi connectivity index (χ4n) is 2.31. The molecule has 0 aliphatic heterocycles. The van der Waals surface area contributed by atoms with Gasteiger partial charge < -0.3 is 10.1 Å². The third-order valence-electron chi connectivity index (χ3n) is 3.22. The first kappa shape index (κ1) is 13.6. The molecular formula is C15H21N3O. The van der Waals surface area contributed by atoms with Gasteiger partial charge in [0.05, 0.1) is 18.8 Å². The van der Waals surface area contributed by atoms with Gasteiger partial charge in [0.1, 0.15) is 5.75 Å². The minimum Gasteiger partial charge on any atom is -0.497 e. The van der Waals surface area contributed by atoms with Crippen molar-refractivity contribution in [2.75, 3.05) is 13.7 Å². The average molecular weight is 259 g/mol. The molecule has 0 radical (unpaired) electrons. The standard InChI is InChI=1S/C15H21N3O/c1-5-16-15(14-10-18(3)17-11(14)2)12-6-8-13(19-4)9-7-12/h6-10,15-16H,5H2,1-4H3. The molecule has 1 heterocycles. The number of nitrogens with one attached hydrogen (secondary N) is 1. The SMILES string of the molecule is CCNC(c1ccc(OC)cc1)c1cn(C)nc1C. The zero-order valence-corrected chi connectivity index (χ0v) is 12.0. The van der Waals surface area contributed by atoms with Gasteiger partial charge in [-0.05, 0) is 31.2 Å². The smallest absolute Gasteiger partial charge is 0.118 e. The van der Waals surface area contributed by atoms with E-state index in [1.165, 1.54) is 11.1 Å². The summed E-state index contributed by atoms with van der Waals surface area (Å²) in [5.41, 5.74) is 3.50. The molecule has 0 fully saturated rings. The first-order chi connectivity index (χ1) is 9.15. The van der Waals surface area contributed by atoms with Crippen molar-refractivity contribution in [1.29, 1.82) is 0 Å². The van der Waals surface area contributed by atoms with Gasteiger partial charge in [0.2, 0.25) is 0 Å². The molecule has 0 saturated carbocycles. The lowest BCUT2D eigenvalue weighted by Gasteiger charge is -2.18. The van der Waals surface area contributed by atoms with Crippen molar-refractivity contribution in [3.05, 3.63) is 47.3 Å². The summed E-state index contributed by atoms with van der Waals surface area (Å²) in [6.07, 6.45) is 2.08. The topological polar surface area (TPSA) is 39.1 Å². The maximum Gasteiger partial charge on any atom is 0.118 e. The van der Waals surface area contributed by atoms with Crippen LogP contribution >= 0.6 is 0 Å². The molecule has 0 amide bonds. The van der Waals surface area contributed by atoms with Crippen LogP contribution in [0, 0.1) is 6.92 Å². The van der Waals surface area contributed by atoms with Crippen LogP contribution in [0.3, 0.4) is 0 Å². The van der Waals surface area contributed by atoms with E-state index in [1.54, 1.807) is 7.11 Å². The second kappa shape index (κ2) is 5.89. The van der Waals surface area contributed by atoms with E-state index in [4.69, 9.17) is 4.74 Å². The first-order valence-electron chi connectivity index (χ1n) is 6.53. The van der Waals surface area contributed by atoms with Crippen LogP contribution < -0.4 is 10.1 Å². The van der Waals surface area contributed by atoms with Crippen molar-refractivity contribution < 1.29 is 4.74 Å². The Kier molecular flexibility index (Phi) is 4.22. The number of aromatic nitrogens is 2. The van der Waals surface area contributed by atoms with Crippen LogP contribution in [-0.4, -0.2) is 23.4 Å². The number of rotatable bonds is 5. The predicted molar refractivity (Wildman–Crippen MR) is 76.5 cm³/mol. The van der Waals surface area contributed by atoms with Gasteiger partial charge in [0.15, 0.2) is 0 Å². The highest BCUT2D eigenvalue weighted by molar-refractivity contribution is 5.36. The number of ether oxygens (including phenoxy) is 1. The summed E-state index contributed by atoms with van der Waals surface area (Å²) in [6.45, 7) is 5.07. The van der Waals surface area contributed by atoms with Crippen LogP contribution in [0.1, 0.15) is 29.8 Å². The molecule has 1 N–H and O–H groups in total. The number of benzene rings is 1. The van der Waals surface area contributed by atoms with Gasteiger partial charge in [0.25, 0.3) is 0 Å². The van der Waals surface area contributed by atoms with Gasteiger partial charge in [-0.3, -0.25) is 4.68 Å². The Hall–Kier alpha value is -1.81. The minimum absolute atomic E-state index is 0.171. The van der Waals surface area contributed by atoms with Gasteiger partial charge in [-0.1, -0.05) is 19.1 Å². The van der Waals surface area contributed by atoms with Crippen molar-refractivity contribution in [1.82, 2.24) is 15.1 Å². The highest BCUT2D eigenvalue weighted by Gasteiger charge is 2.17. The van der Waals surface area contributed by atoms with E-state index in [0.29, 0.717) is 0 Å². The number of nitrogens with zero attached hydrogens (tertiary/aromatic N) is 2. The van der Waals surface area contributed by atoms with E-state index in [9.17, 15) is 0 Å². The first-order valence-corrected chi connectivity index (χ1v) is 6.53. The highest BCUT2D eigenvalue weighted by atomic mass is 16.5. The molecule has 0 bridgehead atoms. The molecular weight excluding hydrogens is 238 g/mol. The molecule has 1 aromatic carbocycles. The Morgan fingerprint density at radius 1 is 1.32 bits per heavy atom. The van der Waals surface area contributed by atoms with Crippen molar-refractivity contribution in [3.8, 4) is 5.75 Å². The summed E-state index contributed by atoms with van der Waals surface area (Å²) in [4.78, 5) is 0. The maximum absolute atomic E-state index is 5.21. The second-order valence-electron chi connectivity index (χ2n) is 4.61. The van der Waals surface area contributed by atoms with Crippen LogP contribution in [0.4, 0.5) is 0 Å². The Morgan fingerprint density at radius 3 is 2.47 bits per heavy atom. The van der Waals surface area contributed by atoms with Crippen LogP contribution in [0.5, 0.6) is 5.75 Å². The number of aryl methyl sites for hydroxylation is 2. The molecule has 0 aliphatic carbocycles. The van der Waals surface area contributed by atoms with Crippen molar-refractivity contribution >= 4 is 0 Å². The second-order valence-corrected chi connectivity index (χ2v) is 4.61. The Morgan fingerprint density at radius 2 is 2.00 bits per heavy atom. The van der Waals surface area contributed by atoms with Gasteiger partial charge >= 0.3 is 0 Å². The van der Waals surface area contributed by atoms with E-state index in [2.05, 4.69) is 35.7 Å². The van der Waals surface area contributed by atoms with Crippen LogP contribution in [0.25, 0.3) is 0 Å². The molecule has 0 aliphatic rings. The molecule has 4 nitrogen and oxygen atoms in total. The van der Waals surface area contributed by atoms with E-state index in [-0.39, 0.29) is 6.04 Å². The van der Waals surface area contributed by atoms with E-state index < -0.39 is 0 Å². The zero-order valence-electron chi connectivity index (χ0n) is 12.0. The third-order valence-corrected chi connectivity index (χ3v) is 3.22. The fraction of sp³-hybridized carbons (Fsp3) is 0.400. The molecule has 0 saturated heterocycles. The Labute approximate surface area is 114 Å². The molecule has 1 unspecified atom stereocenters. The van der Waals surface area contributed by atoms with E-state index in [0.717, 1.165) is 18.0 Å². The lowest BCUT2D eigenvalue weighted by molar-refractivity contribution is 0.414. The number of methoxy groups -OCH3 is 1. The van der Waals surface area contributed by atoms with Gasteiger partial charge in [0, 0.05) is 18.8 Å². The maximum atomic E-state index is 5.21. The summed E-state index contributed by atoms with van der Waals surface area (Å²) < 4.78 is 7.07. The van der Waals surface area contributed by atoms with Crippen molar-refractivity contribution in [2.45, 2.75) is 19.9 Å². The summed E-state index contributed by atoms with van der Waals surface area (Å²) in [5.74, 6) is 0.877. The van der Waals surface area contributed by atoms with Crippen LogP contribution in [0.15, 0.2) is 30.5 Å². The van der Waals surface area contributed by atoms with E-state index in [1.807, 2.05) is 30.8 Å². The zero-order chi connectivity index (χ0) is 13.8. The Bertz CT molecular complexity index is 531. The van der Waals surface area contributed by atoms with Crippen LogP contribution in [0.2, 0.25) is 0 Å². The molecule has 1 aromatic heterocycles. The van der Waals surface area contributed by atoms with Crippen LogP contribution in [-0.2, 0) is 7.05 Å². The van der Waals surface area contributed by atoms with Gasteiger partial charge in [-0.25, -0.2) is 0 Å². The largest absolute Gasteiger partial charge is 0.497 e. The number of hydrogen-bond donors (Lipinski definition) is 1. The normalized spacial score (nSPS) is 12.4. The lowest BCUT2D eigenvalue weighted by Crippen LogP contribution is -2.22. The van der Waals surface area contributed by atoms with Crippen molar-refractivity contribution in [3.63, 3.8) is 0 Å². The molecule has 2 rings (SSSR count).